The molecule has 0 bridgehead atoms. The summed E-state index contributed by atoms with van der Waals surface area (Å²) in [5, 5.41) is 4.46. The monoisotopic (exact) mass is 232 g/mol. The van der Waals surface area contributed by atoms with Gasteiger partial charge in [-0.05, 0) is 49.9 Å². The average Bonchev–Trinajstić information content (AvgIpc) is 2.76. The third-order valence-corrected chi connectivity index (χ3v) is 3.66. The number of halogens is 1. The number of fused-ring (bicyclic) bond motifs is 1. The molecule has 2 heterocycles. The Kier molecular flexibility index (Phi) is 2.85. The fraction of sp³-hybridized carbons (Fsp3) is 0.429. The maximum Gasteiger partial charge on any atom is 0.147 e. The number of piperidine rings is 1. The molecule has 1 aliphatic rings. The van der Waals surface area contributed by atoms with E-state index < -0.39 is 0 Å². The molecule has 2 N–H and O–H groups in total. The van der Waals surface area contributed by atoms with Crippen LogP contribution in [0.5, 0.6) is 0 Å². The Morgan fingerprint density at radius 1 is 1.35 bits per heavy atom. The van der Waals surface area contributed by atoms with Crippen molar-refractivity contribution in [2.45, 2.75) is 19.3 Å². The average molecular weight is 232 g/mol. The van der Waals surface area contributed by atoms with Crippen molar-refractivity contribution in [3.05, 3.63) is 35.8 Å². The first-order chi connectivity index (χ1) is 8.34. The third-order valence-electron chi connectivity index (χ3n) is 3.66. The van der Waals surface area contributed by atoms with E-state index >= 15 is 0 Å². The Morgan fingerprint density at radius 3 is 3.12 bits per heavy atom. The zero-order chi connectivity index (χ0) is 11.7. The van der Waals surface area contributed by atoms with Gasteiger partial charge in [0, 0.05) is 11.6 Å². The van der Waals surface area contributed by atoms with Gasteiger partial charge in [-0.15, -0.1) is 0 Å². The highest BCUT2D eigenvalue weighted by molar-refractivity contribution is 5.83. The van der Waals surface area contributed by atoms with Crippen LogP contribution in [0.4, 0.5) is 4.39 Å². The molecule has 1 aliphatic heterocycles. The topological polar surface area (TPSA) is 27.8 Å². The summed E-state index contributed by atoms with van der Waals surface area (Å²) < 4.78 is 13.5. The predicted octanol–water partition coefficient (Wildman–Crippen LogP) is 2.85. The predicted molar refractivity (Wildman–Crippen MR) is 67.6 cm³/mol. The van der Waals surface area contributed by atoms with E-state index in [-0.39, 0.29) is 5.82 Å². The molecule has 1 unspecified atom stereocenters. The summed E-state index contributed by atoms with van der Waals surface area (Å²) in [6, 6.07) is 5.29. The number of H-pyrrole nitrogens is 1. The van der Waals surface area contributed by atoms with E-state index in [9.17, 15) is 4.39 Å². The number of nitrogens with one attached hydrogen (secondary N) is 2. The molecule has 1 fully saturated rings. The van der Waals surface area contributed by atoms with Crippen molar-refractivity contribution in [2.75, 3.05) is 13.1 Å². The zero-order valence-electron chi connectivity index (χ0n) is 9.80. The van der Waals surface area contributed by atoms with Gasteiger partial charge >= 0.3 is 0 Å². The number of para-hydroxylation sites is 1. The smallest absolute Gasteiger partial charge is 0.147 e. The van der Waals surface area contributed by atoms with Crippen LogP contribution in [0.25, 0.3) is 10.9 Å². The normalized spacial score (nSPS) is 20.9. The van der Waals surface area contributed by atoms with E-state index in [1.807, 2.05) is 12.3 Å². The highest BCUT2D eigenvalue weighted by Crippen LogP contribution is 2.25. The molecule has 0 saturated carbocycles. The number of hydrogen-bond donors (Lipinski definition) is 2. The van der Waals surface area contributed by atoms with E-state index in [0.29, 0.717) is 11.4 Å². The van der Waals surface area contributed by atoms with Gasteiger partial charge in [-0.2, -0.15) is 0 Å². The molecule has 1 aromatic carbocycles. The summed E-state index contributed by atoms with van der Waals surface area (Å²) in [5.41, 5.74) is 1.89. The fourth-order valence-electron chi connectivity index (χ4n) is 2.75. The molecule has 2 aromatic rings. The minimum Gasteiger partial charge on any atom is -0.359 e. The van der Waals surface area contributed by atoms with E-state index in [1.165, 1.54) is 24.5 Å². The standard InChI is InChI=1S/C14H17FN2/c15-13-5-1-4-12-11(9-17-14(12)13)7-10-3-2-6-16-8-10/h1,4-5,9-10,16-17H,2-3,6-8H2. The molecule has 0 aliphatic carbocycles. The highest BCUT2D eigenvalue weighted by atomic mass is 19.1. The number of hydrogen-bond acceptors (Lipinski definition) is 1. The van der Waals surface area contributed by atoms with Crippen LogP contribution >= 0.6 is 0 Å². The number of benzene rings is 1. The van der Waals surface area contributed by atoms with Crippen molar-refractivity contribution in [3.8, 4) is 0 Å². The number of rotatable bonds is 2. The lowest BCUT2D eigenvalue weighted by Crippen LogP contribution is -2.30. The number of aromatic amines is 1. The van der Waals surface area contributed by atoms with Crippen molar-refractivity contribution in [1.82, 2.24) is 10.3 Å². The molecule has 1 atom stereocenters. The first-order valence-electron chi connectivity index (χ1n) is 6.30. The molecule has 1 saturated heterocycles. The highest BCUT2D eigenvalue weighted by Gasteiger charge is 2.16. The second-order valence-corrected chi connectivity index (χ2v) is 4.89. The Morgan fingerprint density at radius 2 is 2.29 bits per heavy atom. The Bertz CT molecular complexity index is 512. The molecule has 17 heavy (non-hydrogen) atoms. The van der Waals surface area contributed by atoms with E-state index in [2.05, 4.69) is 10.3 Å². The van der Waals surface area contributed by atoms with Gasteiger partial charge in [-0.3, -0.25) is 0 Å². The first-order valence-corrected chi connectivity index (χ1v) is 6.30. The molecule has 0 radical (unpaired) electrons. The fourth-order valence-corrected chi connectivity index (χ4v) is 2.75. The van der Waals surface area contributed by atoms with Crippen molar-refractivity contribution < 1.29 is 4.39 Å². The van der Waals surface area contributed by atoms with Gasteiger partial charge in [0.15, 0.2) is 0 Å². The maximum absolute atomic E-state index is 13.5. The molecular formula is C14H17FN2. The van der Waals surface area contributed by atoms with Crippen molar-refractivity contribution in [3.63, 3.8) is 0 Å². The second kappa shape index (κ2) is 4.49. The minimum absolute atomic E-state index is 0.157. The van der Waals surface area contributed by atoms with Gasteiger partial charge in [0.25, 0.3) is 0 Å². The quantitative estimate of drug-likeness (QED) is 0.818. The van der Waals surface area contributed by atoms with Crippen molar-refractivity contribution in [2.24, 2.45) is 5.92 Å². The lowest BCUT2D eigenvalue weighted by Gasteiger charge is -2.22. The minimum atomic E-state index is -0.157. The lowest BCUT2D eigenvalue weighted by atomic mass is 9.92. The third kappa shape index (κ3) is 2.07. The van der Waals surface area contributed by atoms with Crippen molar-refractivity contribution in [1.29, 1.82) is 0 Å². The first kappa shape index (κ1) is 10.8. The Hall–Kier alpha value is -1.35. The maximum atomic E-state index is 13.5. The van der Waals surface area contributed by atoms with Crippen LogP contribution in [0.15, 0.2) is 24.4 Å². The van der Waals surface area contributed by atoms with Gasteiger partial charge in [-0.25, -0.2) is 4.39 Å². The van der Waals surface area contributed by atoms with Crippen LogP contribution in [0, 0.1) is 11.7 Å². The van der Waals surface area contributed by atoms with Gasteiger partial charge in [-0.1, -0.05) is 12.1 Å². The molecule has 3 heteroatoms. The van der Waals surface area contributed by atoms with Gasteiger partial charge in [0.05, 0.1) is 5.52 Å². The van der Waals surface area contributed by atoms with Gasteiger partial charge < -0.3 is 10.3 Å². The zero-order valence-corrected chi connectivity index (χ0v) is 9.80. The van der Waals surface area contributed by atoms with E-state index in [4.69, 9.17) is 0 Å². The largest absolute Gasteiger partial charge is 0.359 e. The van der Waals surface area contributed by atoms with Crippen LogP contribution < -0.4 is 5.32 Å². The summed E-state index contributed by atoms with van der Waals surface area (Å²) in [7, 11) is 0. The van der Waals surface area contributed by atoms with E-state index in [0.717, 1.165) is 24.9 Å². The van der Waals surface area contributed by atoms with Crippen LogP contribution in [-0.4, -0.2) is 18.1 Å². The molecular weight excluding hydrogens is 215 g/mol. The molecule has 2 nitrogen and oxygen atoms in total. The molecule has 3 rings (SSSR count). The second-order valence-electron chi connectivity index (χ2n) is 4.89. The molecule has 90 valence electrons. The molecule has 0 amide bonds. The van der Waals surface area contributed by atoms with Gasteiger partial charge in [0.1, 0.15) is 5.82 Å². The summed E-state index contributed by atoms with van der Waals surface area (Å²) in [6.07, 6.45) is 5.52. The summed E-state index contributed by atoms with van der Waals surface area (Å²) in [6.45, 7) is 2.22. The SMILES string of the molecule is Fc1cccc2c(CC3CCCNC3)c[nH]c12. The Balaban J connectivity index is 1.87. The summed E-state index contributed by atoms with van der Waals surface area (Å²) in [4.78, 5) is 3.05. The number of aromatic nitrogens is 1. The van der Waals surface area contributed by atoms with Gasteiger partial charge in [0.2, 0.25) is 0 Å². The van der Waals surface area contributed by atoms with Crippen molar-refractivity contribution >= 4 is 10.9 Å². The summed E-state index contributed by atoms with van der Waals surface area (Å²) in [5.74, 6) is 0.529. The van der Waals surface area contributed by atoms with Crippen LogP contribution in [0.3, 0.4) is 0 Å². The molecule has 0 spiro atoms. The Labute approximate surface area is 100 Å². The van der Waals surface area contributed by atoms with Crippen LogP contribution in [-0.2, 0) is 6.42 Å². The summed E-state index contributed by atoms with van der Waals surface area (Å²) >= 11 is 0. The van der Waals surface area contributed by atoms with Crippen LogP contribution in [0.1, 0.15) is 18.4 Å². The van der Waals surface area contributed by atoms with E-state index in [1.54, 1.807) is 6.07 Å². The lowest BCUT2D eigenvalue weighted by molar-refractivity contribution is 0.377. The molecule has 1 aromatic heterocycles. The van der Waals surface area contributed by atoms with Crippen LogP contribution in [0.2, 0.25) is 0 Å².